The van der Waals surface area contributed by atoms with E-state index < -0.39 is 0 Å². The summed E-state index contributed by atoms with van der Waals surface area (Å²) in [6.07, 6.45) is 2.00. The molecule has 0 amide bonds. The second-order valence-corrected chi connectivity index (χ2v) is 0.577. The van der Waals surface area contributed by atoms with Crippen LogP contribution in [0, 0.1) is 6.42 Å². The molecule has 0 nitrogen and oxygen atoms in total. The molecule has 4 heavy (non-hydrogen) atoms. The Morgan fingerprint density at radius 2 is 1.25 bits per heavy atom. The van der Waals surface area contributed by atoms with E-state index in [0.717, 1.165) is 0 Å². The molecule has 0 aliphatic heterocycles. The fourth-order valence-electron chi connectivity index (χ4n) is 0. The van der Waals surface area contributed by atoms with Gasteiger partial charge in [-0.25, -0.2) is 0 Å². The second kappa shape index (κ2) is 9.27. The van der Waals surface area contributed by atoms with E-state index >= 15 is 0 Å². The summed E-state index contributed by atoms with van der Waals surface area (Å²) >= 11 is 0. The Kier molecular flexibility index (Phi) is 20.5. The molecule has 0 radical (unpaired) electrons. The maximum Gasteiger partial charge on any atom is 1.00 e. The van der Waals surface area contributed by atoms with Crippen LogP contribution in [0.1, 0.15) is 13.8 Å². The van der Waals surface area contributed by atoms with Crippen molar-refractivity contribution in [1.29, 1.82) is 0 Å². The molecule has 0 unspecified atom stereocenters. The molecular formula is C3H7Ag. The van der Waals surface area contributed by atoms with Crippen LogP contribution in [0.15, 0.2) is 0 Å². The summed E-state index contributed by atoms with van der Waals surface area (Å²) in [5, 5.41) is 0. The molecule has 0 atom stereocenters. The van der Waals surface area contributed by atoms with Gasteiger partial charge in [0.15, 0.2) is 0 Å². The van der Waals surface area contributed by atoms with Gasteiger partial charge in [-0.15, -0.1) is 0 Å². The van der Waals surface area contributed by atoms with Gasteiger partial charge in [-0.3, -0.25) is 0 Å². The Morgan fingerprint density at radius 3 is 1.25 bits per heavy atom. The molecule has 30 valence electrons. The summed E-state index contributed by atoms with van der Waals surface area (Å²) in [7, 11) is 0. The van der Waals surface area contributed by atoms with E-state index in [1.54, 1.807) is 0 Å². The van der Waals surface area contributed by atoms with Crippen LogP contribution in [0.3, 0.4) is 0 Å². The maximum atomic E-state index is 2.00. The van der Waals surface area contributed by atoms with Gasteiger partial charge in [-0.2, -0.15) is 13.8 Å². The minimum atomic E-state index is 0. The summed E-state index contributed by atoms with van der Waals surface area (Å²) in [5.41, 5.74) is 0. The Bertz CT molecular complexity index is 3.25. The average molecular weight is 151 g/mol. The van der Waals surface area contributed by atoms with Crippen LogP contribution in [0.5, 0.6) is 0 Å². The summed E-state index contributed by atoms with van der Waals surface area (Å²) in [4.78, 5) is 0. The van der Waals surface area contributed by atoms with Crippen LogP contribution in [-0.2, 0) is 22.4 Å². The molecule has 0 saturated heterocycles. The molecule has 0 aromatic carbocycles. The minimum absolute atomic E-state index is 0. The van der Waals surface area contributed by atoms with E-state index in [0.29, 0.717) is 0 Å². The fourth-order valence-corrected chi connectivity index (χ4v) is 0. The van der Waals surface area contributed by atoms with Gasteiger partial charge in [0.2, 0.25) is 0 Å². The first kappa shape index (κ1) is 8.83. The van der Waals surface area contributed by atoms with Gasteiger partial charge in [0.25, 0.3) is 0 Å². The zero-order valence-electron chi connectivity index (χ0n) is 2.88. The molecule has 0 saturated carbocycles. The van der Waals surface area contributed by atoms with Crippen molar-refractivity contribution in [3.05, 3.63) is 6.42 Å². The van der Waals surface area contributed by atoms with E-state index in [2.05, 4.69) is 0 Å². The van der Waals surface area contributed by atoms with E-state index in [4.69, 9.17) is 0 Å². The second-order valence-electron chi connectivity index (χ2n) is 0.577. The predicted molar refractivity (Wildman–Crippen MR) is 15.6 cm³/mol. The van der Waals surface area contributed by atoms with E-state index in [1.165, 1.54) is 0 Å². The molecule has 0 rings (SSSR count). The van der Waals surface area contributed by atoms with Crippen LogP contribution in [0.25, 0.3) is 0 Å². The van der Waals surface area contributed by atoms with E-state index in [-0.39, 0.29) is 22.4 Å². The fraction of sp³-hybridized carbons (Fsp3) is 0.667. The third-order valence-electron chi connectivity index (χ3n) is 0. The molecule has 0 aliphatic carbocycles. The third kappa shape index (κ3) is 15.1. The first-order valence-corrected chi connectivity index (χ1v) is 1.15. The first-order chi connectivity index (χ1) is 1.41. The van der Waals surface area contributed by atoms with Crippen molar-refractivity contribution in [3.63, 3.8) is 0 Å². The summed E-state index contributed by atoms with van der Waals surface area (Å²) < 4.78 is 0. The van der Waals surface area contributed by atoms with Gasteiger partial charge < -0.3 is 6.42 Å². The zero-order valence-corrected chi connectivity index (χ0v) is 4.36. The summed E-state index contributed by atoms with van der Waals surface area (Å²) in [6, 6.07) is 0. The van der Waals surface area contributed by atoms with Crippen LogP contribution >= 0.6 is 0 Å². The smallest absolute Gasteiger partial charge is 0.335 e. The van der Waals surface area contributed by atoms with Gasteiger partial charge in [-0.1, -0.05) is 0 Å². The van der Waals surface area contributed by atoms with Crippen LogP contribution in [0.4, 0.5) is 0 Å². The Balaban J connectivity index is 0. The van der Waals surface area contributed by atoms with Crippen molar-refractivity contribution in [2.45, 2.75) is 13.8 Å². The van der Waals surface area contributed by atoms with Gasteiger partial charge >= 0.3 is 22.4 Å². The van der Waals surface area contributed by atoms with Crippen molar-refractivity contribution in [3.8, 4) is 0 Å². The quantitative estimate of drug-likeness (QED) is 0.360. The molecule has 1 heteroatoms. The topological polar surface area (TPSA) is 0 Å². The van der Waals surface area contributed by atoms with Gasteiger partial charge in [0.1, 0.15) is 0 Å². The van der Waals surface area contributed by atoms with Crippen LogP contribution in [0.2, 0.25) is 0 Å². The molecule has 0 fully saturated rings. The largest absolute Gasteiger partial charge is 1.00 e. The molecule has 0 bridgehead atoms. The van der Waals surface area contributed by atoms with E-state index in [1.807, 2.05) is 20.3 Å². The predicted octanol–water partition coefficient (Wildman–Crippen LogP) is 1.23. The molecule has 0 N–H and O–H groups in total. The Morgan fingerprint density at radius 1 is 1.25 bits per heavy atom. The normalized spacial score (nSPS) is 4.50. The number of rotatable bonds is 0. The standard InChI is InChI=1S/C3H7.Ag/c1-3-2;/h3H,1-2H3;/q-1;+1. The molecule has 0 heterocycles. The SMILES string of the molecule is C[CH-]C.[Ag+]. The Hall–Kier alpha value is 0.740. The van der Waals surface area contributed by atoms with Crippen LogP contribution < -0.4 is 0 Å². The van der Waals surface area contributed by atoms with Crippen molar-refractivity contribution in [1.82, 2.24) is 0 Å². The third-order valence-corrected chi connectivity index (χ3v) is 0. The average Bonchev–Trinajstić information content (AvgIpc) is 0.918. The van der Waals surface area contributed by atoms with Gasteiger partial charge in [0.05, 0.1) is 0 Å². The maximum absolute atomic E-state index is 2.00. The monoisotopic (exact) mass is 150 g/mol. The Labute approximate surface area is 43.1 Å². The van der Waals surface area contributed by atoms with Crippen molar-refractivity contribution in [2.75, 3.05) is 0 Å². The molecule has 0 aliphatic rings. The zero-order chi connectivity index (χ0) is 2.71. The number of hydrogen-bond acceptors (Lipinski definition) is 0. The summed E-state index contributed by atoms with van der Waals surface area (Å²) in [5.74, 6) is 0. The molecular weight excluding hydrogens is 144 g/mol. The molecule has 0 spiro atoms. The minimum Gasteiger partial charge on any atom is -0.335 e. The molecule has 0 aromatic rings. The van der Waals surface area contributed by atoms with Crippen molar-refractivity contribution < 1.29 is 22.4 Å². The van der Waals surface area contributed by atoms with Gasteiger partial charge in [-0.05, 0) is 0 Å². The van der Waals surface area contributed by atoms with Gasteiger partial charge in [0, 0.05) is 0 Å². The molecule has 0 aromatic heterocycles. The number of hydrogen-bond donors (Lipinski definition) is 0. The van der Waals surface area contributed by atoms with Crippen molar-refractivity contribution >= 4 is 0 Å². The summed E-state index contributed by atoms with van der Waals surface area (Å²) in [6.45, 7) is 4.00. The first-order valence-electron chi connectivity index (χ1n) is 1.15. The van der Waals surface area contributed by atoms with Crippen LogP contribution in [-0.4, -0.2) is 0 Å². The van der Waals surface area contributed by atoms with E-state index in [9.17, 15) is 0 Å². The van der Waals surface area contributed by atoms with Crippen molar-refractivity contribution in [2.24, 2.45) is 0 Å².